The average molecular weight is 361 g/mol. The fourth-order valence-electron chi connectivity index (χ4n) is 2.75. The van der Waals surface area contributed by atoms with Crippen LogP contribution in [0.4, 0.5) is 11.4 Å². The van der Waals surface area contributed by atoms with Crippen molar-refractivity contribution in [2.75, 3.05) is 16.5 Å². The molecule has 6 heteroatoms. The van der Waals surface area contributed by atoms with Gasteiger partial charge in [-0.25, -0.2) is 4.90 Å². The second kappa shape index (κ2) is 6.87. The van der Waals surface area contributed by atoms with Gasteiger partial charge in [0.15, 0.2) is 0 Å². The van der Waals surface area contributed by atoms with E-state index in [-0.39, 0.29) is 18.2 Å². The number of carbonyl (C=O) groups is 2. The van der Waals surface area contributed by atoms with Crippen molar-refractivity contribution in [2.45, 2.75) is 24.3 Å². The molecule has 0 bridgehead atoms. The van der Waals surface area contributed by atoms with E-state index in [0.29, 0.717) is 10.7 Å². The monoisotopic (exact) mass is 360 g/mol. The van der Waals surface area contributed by atoms with E-state index >= 15 is 0 Å². The van der Waals surface area contributed by atoms with Crippen LogP contribution in [0.15, 0.2) is 47.4 Å². The largest absolute Gasteiger partial charge is 0.373 e. The number of imide groups is 1. The van der Waals surface area contributed by atoms with Gasteiger partial charge in [-0.05, 0) is 49.1 Å². The zero-order chi connectivity index (χ0) is 17.3. The van der Waals surface area contributed by atoms with E-state index in [9.17, 15) is 9.59 Å². The molecule has 1 saturated heterocycles. The molecule has 1 aliphatic rings. The van der Waals surface area contributed by atoms with Crippen molar-refractivity contribution in [3.05, 3.63) is 53.1 Å². The summed E-state index contributed by atoms with van der Waals surface area (Å²) in [6.07, 6.45) is 2.13. The van der Waals surface area contributed by atoms with Crippen molar-refractivity contribution in [3.8, 4) is 0 Å². The summed E-state index contributed by atoms with van der Waals surface area (Å²) < 4.78 is 0. The quantitative estimate of drug-likeness (QED) is 0.658. The molecule has 1 N–H and O–H groups in total. The average Bonchev–Trinajstić information content (AvgIpc) is 2.84. The zero-order valence-corrected chi connectivity index (χ0v) is 14.9. The number of amides is 2. The van der Waals surface area contributed by atoms with Gasteiger partial charge in [0.1, 0.15) is 6.04 Å². The number of thioether (sulfide) groups is 1. The minimum atomic E-state index is -0.562. The van der Waals surface area contributed by atoms with E-state index in [1.54, 1.807) is 36.9 Å². The minimum absolute atomic E-state index is 0.133. The Labute approximate surface area is 150 Å². The van der Waals surface area contributed by atoms with Crippen LogP contribution in [-0.4, -0.2) is 24.1 Å². The fourth-order valence-corrected chi connectivity index (χ4v) is 3.38. The summed E-state index contributed by atoms with van der Waals surface area (Å²) in [5, 5.41) is 3.71. The summed E-state index contributed by atoms with van der Waals surface area (Å²) in [5.41, 5.74) is 2.11. The van der Waals surface area contributed by atoms with Gasteiger partial charge in [0.25, 0.3) is 5.91 Å². The van der Waals surface area contributed by atoms with Crippen molar-refractivity contribution in [1.29, 1.82) is 0 Å². The van der Waals surface area contributed by atoms with E-state index in [2.05, 4.69) is 5.32 Å². The predicted octanol–water partition coefficient (Wildman–Crippen LogP) is 4.11. The second-order valence-corrected chi connectivity index (χ2v) is 6.87. The first-order valence-corrected chi connectivity index (χ1v) is 9.14. The molecule has 1 heterocycles. The van der Waals surface area contributed by atoms with Crippen molar-refractivity contribution >= 4 is 46.6 Å². The maximum absolute atomic E-state index is 12.7. The van der Waals surface area contributed by atoms with E-state index in [0.717, 1.165) is 16.1 Å². The molecule has 1 unspecified atom stereocenters. The van der Waals surface area contributed by atoms with Crippen LogP contribution in [0.3, 0.4) is 0 Å². The Morgan fingerprint density at radius 3 is 2.71 bits per heavy atom. The number of nitrogens with zero attached hydrogens (tertiary/aromatic N) is 1. The molecule has 1 aliphatic heterocycles. The number of hydrogen-bond donors (Lipinski definition) is 1. The van der Waals surface area contributed by atoms with Crippen molar-refractivity contribution in [1.82, 2.24) is 0 Å². The van der Waals surface area contributed by atoms with Crippen LogP contribution in [0.1, 0.15) is 12.0 Å². The van der Waals surface area contributed by atoms with E-state index in [1.165, 1.54) is 4.90 Å². The van der Waals surface area contributed by atoms with Gasteiger partial charge in [0.05, 0.1) is 12.1 Å². The lowest BCUT2D eigenvalue weighted by molar-refractivity contribution is -0.121. The first kappa shape index (κ1) is 16.9. The van der Waals surface area contributed by atoms with Gasteiger partial charge in [-0.3, -0.25) is 9.59 Å². The van der Waals surface area contributed by atoms with Gasteiger partial charge in [0.2, 0.25) is 5.91 Å². The SMILES string of the molecule is CSc1cccc(NC2CC(=O)N(c3cccc(Cl)c3C)C2=O)c1. The normalized spacial score (nSPS) is 17.5. The Bertz CT molecular complexity index is 809. The van der Waals surface area contributed by atoms with Crippen LogP contribution >= 0.6 is 23.4 Å². The van der Waals surface area contributed by atoms with E-state index < -0.39 is 6.04 Å². The number of carbonyl (C=O) groups excluding carboxylic acids is 2. The molecule has 24 heavy (non-hydrogen) atoms. The van der Waals surface area contributed by atoms with Crippen molar-refractivity contribution in [3.63, 3.8) is 0 Å². The third-order valence-corrected chi connectivity index (χ3v) is 5.17. The number of benzene rings is 2. The third-order valence-electron chi connectivity index (χ3n) is 4.04. The van der Waals surface area contributed by atoms with Crippen LogP contribution in [0, 0.1) is 6.92 Å². The molecule has 0 aromatic heterocycles. The maximum atomic E-state index is 12.7. The molecule has 2 aromatic rings. The summed E-state index contributed by atoms with van der Waals surface area (Å²) in [6.45, 7) is 1.81. The minimum Gasteiger partial charge on any atom is -0.373 e. The predicted molar refractivity (Wildman–Crippen MR) is 98.9 cm³/mol. The lowest BCUT2D eigenvalue weighted by Gasteiger charge is -2.18. The first-order chi connectivity index (χ1) is 11.5. The molecule has 4 nitrogen and oxygen atoms in total. The van der Waals surface area contributed by atoms with E-state index in [4.69, 9.17) is 11.6 Å². The number of anilines is 2. The Kier molecular flexibility index (Phi) is 4.83. The highest BCUT2D eigenvalue weighted by atomic mass is 35.5. The number of nitrogens with one attached hydrogen (secondary N) is 1. The zero-order valence-electron chi connectivity index (χ0n) is 13.4. The summed E-state index contributed by atoms with van der Waals surface area (Å²) in [4.78, 5) is 27.5. The standard InChI is InChI=1S/C18H17ClN2O2S/c1-11-14(19)7-4-8-16(11)21-17(22)10-15(18(21)23)20-12-5-3-6-13(9-12)24-2/h3-9,15,20H,10H2,1-2H3. The molecule has 2 amide bonds. The molecular weight excluding hydrogens is 344 g/mol. The molecule has 0 saturated carbocycles. The third kappa shape index (κ3) is 3.14. The molecule has 3 rings (SSSR count). The van der Waals surface area contributed by atoms with Gasteiger partial charge in [-0.1, -0.05) is 23.7 Å². The van der Waals surface area contributed by atoms with Gasteiger partial charge >= 0.3 is 0 Å². The summed E-state index contributed by atoms with van der Waals surface area (Å²) >= 11 is 7.75. The van der Waals surface area contributed by atoms with Gasteiger partial charge in [-0.15, -0.1) is 11.8 Å². The summed E-state index contributed by atoms with van der Waals surface area (Å²) in [5.74, 6) is -0.469. The van der Waals surface area contributed by atoms with Gasteiger partial charge in [-0.2, -0.15) is 0 Å². The topological polar surface area (TPSA) is 49.4 Å². The van der Waals surface area contributed by atoms with Gasteiger partial charge < -0.3 is 5.32 Å². The van der Waals surface area contributed by atoms with Crippen LogP contribution in [0.2, 0.25) is 5.02 Å². The highest BCUT2D eigenvalue weighted by Gasteiger charge is 2.40. The second-order valence-electron chi connectivity index (χ2n) is 5.58. The van der Waals surface area contributed by atoms with Gasteiger partial charge in [0, 0.05) is 15.6 Å². The smallest absolute Gasteiger partial charge is 0.256 e. The Morgan fingerprint density at radius 1 is 1.21 bits per heavy atom. The molecule has 1 atom stereocenters. The summed E-state index contributed by atoms with van der Waals surface area (Å²) in [6, 6.07) is 12.5. The number of rotatable bonds is 4. The maximum Gasteiger partial charge on any atom is 0.256 e. The molecule has 1 fully saturated rings. The van der Waals surface area contributed by atoms with Crippen LogP contribution < -0.4 is 10.2 Å². The lowest BCUT2D eigenvalue weighted by atomic mass is 10.2. The molecule has 0 aliphatic carbocycles. The first-order valence-electron chi connectivity index (χ1n) is 7.53. The fraction of sp³-hybridized carbons (Fsp3) is 0.222. The number of hydrogen-bond acceptors (Lipinski definition) is 4. The molecule has 124 valence electrons. The van der Waals surface area contributed by atoms with Crippen molar-refractivity contribution in [2.24, 2.45) is 0 Å². The van der Waals surface area contributed by atoms with Crippen LogP contribution in [0.5, 0.6) is 0 Å². The van der Waals surface area contributed by atoms with Crippen LogP contribution in [0.25, 0.3) is 0 Å². The Morgan fingerprint density at radius 2 is 1.96 bits per heavy atom. The lowest BCUT2D eigenvalue weighted by Crippen LogP contribution is -2.35. The number of halogens is 1. The molecule has 0 spiro atoms. The highest BCUT2D eigenvalue weighted by Crippen LogP contribution is 2.31. The Hall–Kier alpha value is -1.98. The van der Waals surface area contributed by atoms with E-state index in [1.807, 2.05) is 30.5 Å². The summed E-state index contributed by atoms with van der Waals surface area (Å²) in [7, 11) is 0. The highest BCUT2D eigenvalue weighted by molar-refractivity contribution is 7.98. The van der Waals surface area contributed by atoms with Crippen LogP contribution in [-0.2, 0) is 9.59 Å². The van der Waals surface area contributed by atoms with Crippen molar-refractivity contribution < 1.29 is 9.59 Å². The molecular formula is C18H17ClN2O2S. The Balaban J connectivity index is 1.85. The molecule has 0 radical (unpaired) electrons. The molecule has 2 aromatic carbocycles.